The van der Waals surface area contributed by atoms with Gasteiger partial charge in [0.15, 0.2) is 5.76 Å². The maximum Gasteiger partial charge on any atom is 0.173 e. The number of aromatic nitrogens is 2. The largest absolute Gasteiger partial charge is 0.355 e. The maximum atomic E-state index is 14.6. The van der Waals surface area contributed by atoms with Crippen LogP contribution in [0.1, 0.15) is 16.7 Å². The molecule has 0 spiro atoms. The average molecular weight is 380 g/mol. The SMILES string of the molecule is Cc1ccc(-c2noc(-c3ccc(F)cc3F)c2Cc2cccnc2)c(F)c1. The number of aryl methyl sites for hydroxylation is 1. The Balaban J connectivity index is 1.90. The molecule has 28 heavy (non-hydrogen) atoms. The number of nitrogens with zero attached hydrogens (tertiary/aromatic N) is 2. The van der Waals surface area contributed by atoms with Gasteiger partial charge in [-0.15, -0.1) is 0 Å². The molecule has 4 aromatic rings. The Bertz CT molecular complexity index is 1070. The summed E-state index contributed by atoms with van der Waals surface area (Å²) in [4.78, 5) is 4.08. The van der Waals surface area contributed by atoms with Crippen LogP contribution in [0.2, 0.25) is 0 Å². The van der Waals surface area contributed by atoms with Gasteiger partial charge in [0, 0.05) is 36.0 Å². The summed E-state index contributed by atoms with van der Waals surface area (Å²) in [6.07, 6.45) is 3.59. The molecule has 0 aliphatic carbocycles. The van der Waals surface area contributed by atoms with Crippen molar-refractivity contribution in [1.82, 2.24) is 10.1 Å². The highest BCUT2D eigenvalue weighted by atomic mass is 19.1. The fraction of sp³-hybridized carbons (Fsp3) is 0.0909. The highest BCUT2D eigenvalue weighted by molar-refractivity contribution is 5.74. The van der Waals surface area contributed by atoms with Gasteiger partial charge < -0.3 is 4.52 Å². The van der Waals surface area contributed by atoms with E-state index in [0.717, 1.165) is 23.3 Å². The van der Waals surface area contributed by atoms with Crippen LogP contribution in [0.15, 0.2) is 65.4 Å². The van der Waals surface area contributed by atoms with Crippen LogP contribution in [-0.2, 0) is 6.42 Å². The van der Waals surface area contributed by atoms with Gasteiger partial charge in [0.1, 0.15) is 23.1 Å². The summed E-state index contributed by atoms with van der Waals surface area (Å²) >= 11 is 0. The molecule has 0 fully saturated rings. The van der Waals surface area contributed by atoms with Crippen LogP contribution in [0.3, 0.4) is 0 Å². The molecule has 6 heteroatoms. The number of pyridine rings is 1. The van der Waals surface area contributed by atoms with Crippen LogP contribution in [0.25, 0.3) is 22.6 Å². The van der Waals surface area contributed by atoms with Crippen molar-refractivity contribution >= 4 is 0 Å². The molecule has 2 aromatic heterocycles. The van der Waals surface area contributed by atoms with Gasteiger partial charge in [-0.1, -0.05) is 17.3 Å². The van der Waals surface area contributed by atoms with E-state index < -0.39 is 17.5 Å². The van der Waals surface area contributed by atoms with Crippen molar-refractivity contribution in [3.05, 3.63) is 95.1 Å². The molecule has 0 saturated heterocycles. The van der Waals surface area contributed by atoms with Gasteiger partial charge in [0.25, 0.3) is 0 Å². The molecule has 0 unspecified atom stereocenters. The van der Waals surface area contributed by atoms with Crippen molar-refractivity contribution < 1.29 is 17.7 Å². The summed E-state index contributed by atoms with van der Waals surface area (Å²) in [6, 6.07) is 11.6. The van der Waals surface area contributed by atoms with Crippen LogP contribution < -0.4 is 0 Å². The second kappa shape index (κ2) is 7.31. The summed E-state index contributed by atoms with van der Waals surface area (Å²) in [5.74, 6) is -1.79. The van der Waals surface area contributed by atoms with Gasteiger partial charge in [-0.25, -0.2) is 13.2 Å². The van der Waals surface area contributed by atoms with E-state index in [1.165, 1.54) is 12.1 Å². The minimum Gasteiger partial charge on any atom is -0.355 e. The maximum absolute atomic E-state index is 14.6. The lowest BCUT2D eigenvalue weighted by Crippen LogP contribution is -1.96. The van der Waals surface area contributed by atoms with Crippen molar-refractivity contribution in [3.8, 4) is 22.6 Å². The van der Waals surface area contributed by atoms with Crippen molar-refractivity contribution in [2.45, 2.75) is 13.3 Å². The van der Waals surface area contributed by atoms with Crippen molar-refractivity contribution in [3.63, 3.8) is 0 Å². The normalized spacial score (nSPS) is 11.0. The smallest absolute Gasteiger partial charge is 0.173 e. The zero-order valence-electron chi connectivity index (χ0n) is 14.9. The van der Waals surface area contributed by atoms with E-state index in [4.69, 9.17) is 4.52 Å². The third-order valence-electron chi connectivity index (χ3n) is 4.45. The standard InChI is InChI=1S/C22H15F3N2O/c1-13-4-6-16(19(24)9-13)21-18(10-14-3-2-8-26-12-14)22(28-27-21)17-7-5-15(23)11-20(17)25/h2-9,11-12H,10H2,1H3. The fourth-order valence-electron chi connectivity index (χ4n) is 3.09. The van der Waals surface area contributed by atoms with Crippen molar-refractivity contribution in [1.29, 1.82) is 0 Å². The highest BCUT2D eigenvalue weighted by Gasteiger charge is 2.23. The van der Waals surface area contributed by atoms with E-state index >= 15 is 0 Å². The van der Waals surface area contributed by atoms with E-state index in [-0.39, 0.29) is 22.6 Å². The molecular weight excluding hydrogens is 365 g/mol. The van der Waals surface area contributed by atoms with E-state index in [1.807, 2.05) is 6.07 Å². The fourth-order valence-corrected chi connectivity index (χ4v) is 3.09. The molecule has 0 radical (unpaired) electrons. The van der Waals surface area contributed by atoms with Gasteiger partial charge in [-0.3, -0.25) is 4.98 Å². The lowest BCUT2D eigenvalue weighted by atomic mass is 9.96. The summed E-state index contributed by atoms with van der Waals surface area (Å²) < 4.78 is 47.7. The van der Waals surface area contributed by atoms with E-state index in [9.17, 15) is 13.2 Å². The van der Waals surface area contributed by atoms with Gasteiger partial charge in [0.2, 0.25) is 0 Å². The summed E-state index contributed by atoms with van der Waals surface area (Å²) in [6.45, 7) is 1.78. The Morgan fingerprint density at radius 2 is 1.71 bits per heavy atom. The minimum absolute atomic E-state index is 0.0616. The second-order valence-electron chi connectivity index (χ2n) is 6.48. The van der Waals surface area contributed by atoms with Gasteiger partial charge in [0.05, 0.1) is 5.56 Å². The van der Waals surface area contributed by atoms with Crippen LogP contribution in [-0.4, -0.2) is 10.1 Å². The Morgan fingerprint density at radius 1 is 0.929 bits per heavy atom. The lowest BCUT2D eigenvalue weighted by molar-refractivity contribution is 0.431. The molecule has 3 nitrogen and oxygen atoms in total. The van der Waals surface area contributed by atoms with Gasteiger partial charge in [-0.05, 0) is 48.4 Å². The first-order chi connectivity index (χ1) is 13.5. The average Bonchev–Trinajstić information content (AvgIpc) is 3.06. The lowest BCUT2D eigenvalue weighted by Gasteiger charge is -2.07. The Labute approximate surface area is 159 Å². The molecule has 2 aromatic carbocycles. The van der Waals surface area contributed by atoms with Gasteiger partial charge in [-0.2, -0.15) is 0 Å². The quantitative estimate of drug-likeness (QED) is 0.454. The molecule has 0 aliphatic heterocycles. The Morgan fingerprint density at radius 3 is 2.43 bits per heavy atom. The van der Waals surface area contributed by atoms with E-state index in [2.05, 4.69) is 10.1 Å². The monoisotopic (exact) mass is 380 g/mol. The number of halogens is 3. The van der Waals surface area contributed by atoms with Crippen LogP contribution in [0.5, 0.6) is 0 Å². The van der Waals surface area contributed by atoms with Crippen molar-refractivity contribution in [2.24, 2.45) is 0 Å². The highest BCUT2D eigenvalue weighted by Crippen LogP contribution is 2.36. The number of benzene rings is 2. The molecule has 0 bridgehead atoms. The summed E-state index contributed by atoms with van der Waals surface area (Å²) in [5, 5.41) is 4.02. The Kier molecular flexibility index (Phi) is 4.69. The first-order valence-electron chi connectivity index (χ1n) is 8.62. The third kappa shape index (κ3) is 3.41. The molecule has 0 atom stereocenters. The molecule has 4 rings (SSSR count). The summed E-state index contributed by atoms with van der Waals surface area (Å²) in [5.41, 5.74) is 2.68. The number of hydrogen-bond donors (Lipinski definition) is 0. The van der Waals surface area contributed by atoms with Crippen LogP contribution in [0.4, 0.5) is 13.2 Å². The zero-order valence-corrected chi connectivity index (χ0v) is 14.9. The number of hydrogen-bond acceptors (Lipinski definition) is 3. The predicted octanol–water partition coefficient (Wildman–Crippen LogP) is 5.72. The van der Waals surface area contributed by atoms with Crippen molar-refractivity contribution in [2.75, 3.05) is 0 Å². The molecule has 0 N–H and O–H groups in total. The van der Waals surface area contributed by atoms with E-state index in [0.29, 0.717) is 12.0 Å². The molecule has 2 heterocycles. The minimum atomic E-state index is -0.778. The van der Waals surface area contributed by atoms with E-state index in [1.54, 1.807) is 37.5 Å². The predicted molar refractivity (Wildman–Crippen MR) is 99.0 cm³/mol. The first kappa shape index (κ1) is 18.0. The van der Waals surface area contributed by atoms with Gasteiger partial charge >= 0.3 is 0 Å². The molecule has 0 saturated carbocycles. The third-order valence-corrected chi connectivity index (χ3v) is 4.45. The Hall–Kier alpha value is -3.41. The van der Waals surface area contributed by atoms with Crippen LogP contribution >= 0.6 is 0 Å². The first-order valence-corrected chi connectivity index (χ1v) is 8.62. The molecule has 0 aliphatic rings. The van der Waals surface area contributed by atoms with Crippen LogP contribution in [0, 0.1) is 24.4 Å². The number of rotatable bonds is 4. The molecule has 140 valence electrons. The summed E-state index contributed by atoms with van der Waals surface area (Å²) in [7, 11) is 0. The zero-order chi connectivity index (χ0) is 19.7. The molecule has 0 amide bonds. The molecular formula is C22H15F3N2O. The second-order valence-corrected chi connectivity index (χ2v) is 6.48. The topological polar surface area (TPSA) is 38.9 Å².